The molecule has 3 aliphatic carbocycles. The normalized spacial score (nSPS) is 41.9. The molecule has 6 unspecified atom stereocenters. The Morgan fingerprint density at radius 2 is 2.00 bits per heavy atom. The highest BCUT2D eigenvalue weighted by Crippen LogP contribution is 2.70. The third-order valence-corrected chi connectivity index (χ3v) is 5.92. The molecule has 3 N–H and O–H groups in total. The summed E-state index contributed by atoms with van der Waals surface area (Å²) in [6.45, 7) is 0.490. The molecule has 0 amide bonds. The fraction of sp³-hybridized carbons (Fsp3) is 0.688. The predicted octanol–water partition coefficient (Wildman–Crippen LogP) is 1.78. The first kappa shape index (κ1) is 11.9. The monoisotopic (exact) mass is 258 g/mol. The Labute approximate surface area is 114 Å². The quantitative estimate of drug-likeness (QED) is 0.865. The van der Waals surface area contributed by atoms with E-state index in [4.69, 9.17) is 5.73 Å². The predicted molar refractivity (Wildman–Crippen MR) is 73.3 cm³/mol. The number of hydrogen-bond donors (Lipinski definition) is 2. The van der Waals surface area contributed by atoms with Crippen LogP contribution in [-0.2, 0) is 0 Å². The minimum Gasteiger partial charge on any atom is -0.392 e. The molecular formula is C16H22N2O. The molecule has 2 bridgehead atoms. The molecule has 3 heteroatoms. The Kier molecular flexibility index (Phi) is 2.68. The van der Waals surface area contributed by atoms with Crippen LogP contribution in [0.25, 0.3) is 0 Å². The average Bonchev–Trinajstić information content (AvgIpc) is 2.89. The van der Waals surface area contributed by atoms with Gasteiger partial charge in [-0.05, 0) is 61.0 Å². The van der Waals surface area contributed by atoms with Crippen LogP contribution in [0.2, 0.25) is 0 Å². The molecular weight excluding hydrogens is 236 g/mol. The smallest absolute Gasteiger partial charge is 0.0669 e. The van der Waals surface area contributed by atoms with Crippen molar-refractivity contribution in [2.24, 2.45) is 35.3 Å². The van der Waals surface area contributed by atoms with E-state index in [0.717, 1.165) is 29.4 Å². The van der Waals surface area contributed by atoms with Crippen LogP contribution in [0.15, 0.2) is 24.4 Å². The summed E-state index contributed by atoms with van der Waals surface area (Å²) in [5.41, 5.74) is 6.86. The number of aliphatic hydroxyl groups excluding tert-OH is 1. The maximum atomic E-state index is 10.8. The molecule has 19 heavy (non-hydrogen) atoms. The van der Waals surface area contributed by atoms with E-state index in [9.17, 15) is 5.11 Å². The molecule has 3 fully saturated rings. The second-order valence-electron chi connectivity index (χ2n) is 6.65. The van der Waals surface area contributed by atoms with Crippen LogP contribution in [0.4, 0.5) is 0 Å². The maximum Gasteiger partial charge on any atom is 0.0669 e. The number of fused-ring (bicyclic) bond motifs is 5. The molecule has 0 aliphatic heterocycles. The molecule has 0 radical (unpaired) electrons. The van der Waals surface area contributed by atoms with E-state index in [0.29, 0.717) is 12.5 Å². The molecule has 0 saturated heterocycles. The zero-order chi connectivity index (χ0) is 13.0. The van der Waals surface area contributed by atoms with E-state index < -0.39 is 0 Å². The number of rotatable bonds is 4. The summed E-state index contributed by atoms with van der Waals surface area (Å²) in [5, 5.41) is 10.8. The van der Waals surface area contributed by atoms with Crippen molar-refractivity contribution in [2.45, 2.75) is 31.3 Å². The Morgan fingerprint density at radius 1 is 1.26 bits per heavy atom. The fourth-order valence-corrected chi connectivity index (χ4v) is 5.15. The van der Waals surface area contributed by atoms with Gasteiger partial charge in [0.1, 0.15) is 0 Å². The van der Waals surface area contributed by atoms with Gasteiger partial charge >= 0.3 is 0 Å². The van der Waals surface area contributed by atoms with E-state index in [-0.39, 0.29) is 12.0 Å². The van der Waals surface area contributed by atoms with Gasteiger partial charge in [0.05, 0.1) is 6.10 Å². The number of aliphatic hydroxyl groups is 1. The molecule has 3 saturated carbocycles. The van der Waals surface area contributed by atoms with Crippen LogP contribution >= 0.6 is 0 Å². The summed E-state index contributed by atoms with van der Waals surface area (Å²) in [5.74, 6) is 3.91. The van der Waals surface area contributed by atoms with E-state index in [1.54, 1.807) is 6.20 Å². The molecule has 1 aromatic rings. The molecule has 4 rings (SSSR count). The zero-order valence-corrected chi connectivity index (χ0v) is 11.2. The van der Waals surface area contributed by atoms with Gasteiger partial charge in [-0.25, -0.2) is 0 Å². The summed E-state index contributed by atoms with van der Waals surface area (Å²) in [6, 6.07) is 5.89. The highest BCUT2D eigenvalue weighted by Gasteiger charge is 2.67. The first-order valence-corrected chi connectivity index (χ1v) is 7.60. The first-order chi connectivity index (χ1) is 9.31. The topological polar surface area (TPSA) is 59.1 Å². The highest BCUT2D eigenvalue weighted by atomic mass is 16.3. The van der Waals surface area contributed by atoms with Crippen molar-refractivity contribution in [3.63, 3.8) is 0 Å². The largest absolute Gasteiger partial charge is 0.392 e. The van der Waals surface area contributed by atoms with Gasteiger partial charge < -0.3 is 10.8 Å². The van der Waals surface area contributed by atoms with Crippen molar-refractivity contribution in [2.75, 3.05) is 6.54 Å². The molecule has 6 atom stereocenters. The third-order valence-electron chi connectivity index (χ3n) is 5.92. The Bertz CT molecular complexity index is 447. The minimum absolute atomic E-state index is 0.0104. The molecule has 0 aromatic carbocycles. The molecule has 0 spiro atoms. The van der Waals surface area contributed by atoms with E-state index in [1.165, 1.54) is 19.3 Å². The van der Waals surface area contributed by atoms with Crippen LogP contribution in [0.3, 0.4) is 0 Å². The second-order valence-corrected chi connectivity index (χ2v) is 6.65. The van der Waals surface area contributed by atoms with E-state index in [1.807, 2.05) is 18.2 Å². The third kappa shape index (κ3) is 1.68. The molecule has 1 heterocycles. The summed E-state index contributed by atoms with van der Waals surface area (Å²) < 4.78 is 0. The SMILES string of the molecule is NCC(c1ccccn1)C(O)C1C2C3CCC(C3)C21. The van der Waals surface area contributed by atoms with Crippen molar-refractivity contribution in [1.29, 1.82) is 0 Å². The highest BCUT2D eigenvalue weighted by molar-refractivity contribution is 5.20. The van der Waals surface area contributed by atoms with Gasteiger partial charge in [-0.15, -0.1) is 0 Å². The number of hydrogen-bond acceptors (Lipinski definition) is 3. The number of pyridine rings is 1. The lowest BCUT2D eigenvalue weighted by Gasteiger charge is -2.23. The second kappa shape index (κ2) is 4.29. The van der Waals surface area contributed by atoms with Gasteiger partial charge in [0.25, 0.3) is 0 Å². The summed E-state index contributed by atoms with van der Waals surface area (Å²) in [4.78, 5) is 4.39. The number of nitrogens with zero attached hydrogens (tertiary/aromatic N) is 1. The Balaban J connectivity index is 1.53. The average molecular weight is 258 g/mol. The summed E-state index contributed by atoms with van der Waals surface area (Å²) >= 11 is 0. The minimum atomic E-state index is -0.293. The van der Waals surface area contributed by atoms with Crippen LogP contribution in [0, 0.1) is 29.6 Å². The van der Waals surface area contributed by atoms with Crippen molar-refractivity contribution in [3.8, 4) is 0 Å². The number of aromatic nitrogens is 1. The van der Waals surface area contributed by atoms with Crippen LogP contribution in [-0.4, -0.2) is 22.7 Å². The van der Waals surface area contributed by atoms with Crippen molar-refractivity contribution < 1.29 is 5.11 Å². The molecule has 102 valence electrons. The van der Waals surface area contributed by atoms with Gasteiger partial charge in [-0.3, -0.25) is 4.98 Å². The fourth-order valence-electron chi connectivity index (χ4n) is 5.15. The van der Waals surface area contributed by atoms with Gasteiger partial charge in [0.2, 0.25) is 0 Å². The van der Waals surface area contributed by atoms with Gasteiger partial charge in [-0.1, -0.05) is 6.07 Å². The molecule has 1 aromatic heterocycles. The lowest BCUT2D eigenvalue weighted by Crippen LogP contribution is -2.30. The van der Waals surface area contributed by atoms with Crippen molar-refractivity contribution in [3.05, 3.63) is 30.1 Å². The van der Waals surface area contributed by atoms with E-state index >= 15 is 0 Å². The summed E-state index contributed by atoms with van der Waals surface area (Å²) in [6.07, 6.45) is 5.72. The summed E-state index contributed by atoms with van der Waals surface area (Å²) in [7, 11) is 0. The van der Waals surface area contributed by atoms with Crippen LogP contribution < -0.4 is 5.73 Å². The first-order valence-electron chi connectivity index (χ1n) is 7.60. The standard InChI is InChI=1S/C16H22N2O/c17-8-11(12-3-1-2-6-18-12)16(19)15-13-9-4-5-10(7-9)14(13)15/h1-3,6,9-11,13-16,19H,4-5,7-8,17H2. The Morgan fingerprint density at radius 3 is 2.58 bits per heavy atom. The maximum absolute atomic E-state index is 10.8. The van der Waals surface area contributed by atoms with Gasteiger partial charge in [0, 0.05) is 24.4 Å². The Hall–Kier alpha value is -0.930. The zero-order valence-electron chi connectivity index (χ0n) is 11.2. The lowest BCUT2D eigenvalue weighted by molar-refractivity contribution is 0.101. The van der Waals surface area contributed by atoms with Crippen molar-refractivity contribution >= 4 is 0 Å². The van der Waals surface area contributed by atoms with Crippen LogP contribution in [0.1, 0.15) is 30.9 Å². The van der Waals surface area contributed by atoms with E-state index in [2.05, 4.69) is 4.98 Å². The van der Waals surface area contributed by atoms with Crippen LogP contribution in [0.5, 0.6) is 0 Å². The van der Waals surface area contributed by atoms with Crippen molar-refractivity contribution in [1.82, 2.24) is 4.98 Å². The molecule has 3 nitrogen and oxygen atoms in total. The molecule has 3 aliphatic rings. The lowest BCUT2D eigenvalue weighted by atomic mass is 9.89. The number of nitrogens with two attached hydrogens (primary N) is 1. The van der Waals surface area contributed by atoms with Gasteiger partial charge in [-0.2, -0.15) is 0 Å². The van der Waals surface area contributed by atoms with Gasteiger partial charge in [0.15, 0.2) is 0 Å².